The number of ether oxygens (including phenoxy) is 2. The highest BCUT2D eigenvalue weighted by Gasteiger charge is 2.00. The van der Waals surface area contributed by atoms with Gasteiger partial charge in [0.25, 0.3) is 0 Å². The summed E-state index contributed by atoms with van der Waals surface area (Å²) in [6.07, 6.45) is 27.0. The van der Waals surface area contributed by atoms with Crippen molar-refractivity contribution in [1.29, 1.82) is 0 Å². The summed E-state index contributed by atoms with van der Waals surface area (Å²) in [6.45, 7) is 6.04. The van der Waals surface area contributed by atoms with Crippen molar-refractivity contribution in [3.8, 4) is 22.6 Å². The average molecular weight is 763 g/mol. The number of benzene rings is 6. The molecule has 0 aromatic heterocycles. The highest BCUT2D eigenvalue weighted by atomic mass is 16.5. The second kappa shape index (κ2) is 23.2. The molecule has 58 heavy (non-hydrogen) atoms. The topological polar surface area (TPSA) is 18.5 Å². The van der Waals surface area contributed by atoms with Crippen molar-refractivity contribution in [3.63, 3.8) is 0 Å². The van der Waals surface area contributed by atoms with Crippen LogP contribution < -0.4 is 9.47 Å². The van der Waals surface area contributed by atoms with Crippen LogP contribution in [0, 0.1) is 0 Å². The molecule has 0 saturated heterocycles. The molecule has 0 fully saturated rings. The van der Waals surface area contributed by atoms with Crippen LogP contribution in [0.15, 0.2) is 146 Å². The molecule has 2 nitrogen and oxygen atoms in total. The molecule has 2 heteroatoms. The minimum absolute atomic E-state index is 0.791. The lowest BCUT2D eigenvalue weighted by atomic mass is 10.0. The first kappa shape index (κ1) is 41.5. The second-order valence-corrected chi connectivity index (χ2v) is 14.9. The Balaban J connectivity index is 0.933. The standard InChI is InChI=1S/C56H58O2/c1-3-5-7-9-43-57-55-39-31-51(32-40-55)25-21-47-15-11-45(12-16-47)19-23-49-27-35-53(36-28-49)54-37-29-50(30-38-54)24-20-46-13-17-48(18-14-46)22-26-52-33-41-56(42-34-52)58-44-10-8-6-4-2/h11-42H,3-10,43-44H2,1-2H3/b23-19+,24-20+,25-21+,26-22+. The van der Waals surface area contributed by atoms with E-state index in [1.165, 1.54) is 83.0 Å². The summed E-state index contributed by atoms with van der Waals surface area (Å²) >= 11 is 0. The van der Waals surface area contributed by atoms with Gasteiger partial charge in [-0.3, -0.25) is 0 Å². The van der Waals surface area contributed by atoms with Crippen molar-refractivity contribution in [1.82, 2.24) is 0 Å². The first-order valence-electron chi connectivity index (χ1n) is 21.2. The molecule has 6 aromatic carbocycles. The molecule has 6 aromatic rings. The van der Waals surface area contributed by atoms with Crippen molar-refractivity contribution >= 4 is 48.6 Å². The molecule has 0 unspecified atom stereocenters. The van der Waals surface area contributed by atoms with Crippen molar-refractivity contribution < 1.29 is 9.47 Å². The third-order valence-corrected chi connectivity index (χ3v) is 10.2. The fourth-order valence-electron chi connectivity index (χ4n) is 6.57. The Kier molecular flexibility index (Phi) is 16.6. The molecular weight excluding hydrogens is 705 g/mol. The van der Waals surface area contributed by atoms with Crippen molar-refractivity contribution in [2.24, 2.45) is 0 Å². The number of unbranched alkanes of at least 4 members (excludes halogenated alkanes) is 6. The van der Waals surface area contributed by atoms with Crippen molar-refractivity contribution in [2.75, 3.05) is 13.2 Å². The molecule has 0 aliphatic rings. The SMILES string of the molecule is CCCCCCOc1ccc(/C=C/c2ccc(/C=C/c3ccc(-c4ccc(/C=C/c5ccc(/C=C/c6ccc(OCCCCCC)cc6)cc5)cc4)cc3)cc2)cc1. The van der Waals surface area contributed by atoms with Crippen LogP contribution in [0.1, 0.15) is 110 Å². The third-order valence-electron chi connectivity index (χ3n) is 10.2. The summed E-state index contributed by atoms with van der Waals surface area (Å²) in [4.78, 5) is 0. The third kappa shape index (κ3) is 14.1. The first-order valence-corrected chi connectivity index (χ1v) is 21.2. The molecule has 6 rings (SSSR count). The fraction of sp³-hybridized carbons (Fsp3) is 0.214. The molecule has 0 bridgehead atoms. The van der Waals surface area contributed by atoms with Crippen LogP contribution in [0.2, 0.25) is 0 Å². The zero-order chi connectivity index (χ0) is 40.0. The van der Waals surface area contributed by atoms with E-state index in [1.807, 2.05) is 0 Å². The molecule has 0 atom stereocenters. The number of hydrogen-bond acceptors (Lipinski definition) is 2. The minimum atomic E-state index is 0.791. The molecule has 0 radical (unpaired) electrons. The van der Waals surface area contributed by atoms with Crippen LogP contribution in [0.5, 0.6) is 11.5 Å². The van der Waals surface area contributed by atoms with Crippen LogP contribution in [-0.2, 0) is 0 Å². The van der Waals surface area contributed by atoms with Gasteiger partial charge in [-0.05, 0) is 92.7 Å². The fourth-order valence-corrected chi connectivity index (χ4v) is 6.57. The van der Waals surface area contributed by atoms with E-state index in [4.69, 9.17) is 9.47 Å². The quantitative estimate of drug-likeness (QED) is 0.0537. The van der Waals surface area contributed by atoms with Crippen LogP contribution >= 0.6 is 0 Å². The van der Waals surface area contributed by atoms with Gasteiger partial charge in [0.15, 0.2) is 0 Å². The number of rotatable bonds is 21. The van der Waals surface area contributed by atoms with E-state index >= 15 is 0 Å². The van der Waals surface area contributed by atoms with Gasteiger partial charge in [-0.1, -0.05) is 222 Å². The van der Waals surface area contributed by atoms with E-state index in [9.17, 15) is 0 Å². The van der Waals surface area contributed by atoms with Crippen LogP contribution in [0.3, 0.4) is 0 Å². The maximum Gasteiger partial charge on any atom is 0.119 e. The normalized spacial score (nSPS) is 11.7. The lowest BCUT2D eigenvalue weighted by Crippen LogP contribution is -1.96. The Bertz CT molecular complexity index is 2020. The summed E-state index contributed by atoms with van der Waals surface area (Å²) in [5.74, 6) is 1.88. The molecule has 294 valence electrons. The predicted octanol–water partition coefficient (Wildman–Crippen LogP) is 16.0. The molecule has 0 N–H and O–H groups in total. The van der Waals surface area contributed by atoms with E-state index < -0.39 is 0 Å². The summed E-state index contributed by atoms with van der Waals surface area (Å²) < 4.78 is 11.8. The van der Waals surface area contributed by atoms with Gasteiger partial charge in [-0.2, -0.15) is 0 Å². The van der Waals surface area contributed by atoms with Gasteiger partial charge >= 0.3 is 0 Å². The Hall–Kier alpha value is -6.12. The van der Waals surface area contributed by atoms with Gasteiger partial charge in [0.1, 0.15) is 11.5 Å². The van der Waals surface area contributed by atoms with Gasteiger partial charge < -0.3 is 9.47 Å². The van der Waals surface area contributed by atoms with Crippen molar-refractivity contribution in [3.05, 3.63) is 190 Å². The van der Waals surface area contributed by atoms with Gasteiger partial charge in [-0.15, -0.1) is 0 Å². The van der Waals surface area contributed by atoms with Crippen LogP contribution in [-0.4, -0.2) is 13.2 Å². The highest BCUT2D eigenvalue weighted by molar-refractivity contribution is 5.76. The molecule has 0 spiro atoms. The zero-order valence-corrected chi connectivity index (χ0v) is 34.4. The number of hydrogen-bond donors (Lipinski definition) is 0. The van der Waals surface area contributed by atoms with E-state index in [2.05, 4.69) is 208 Å². The predicted molar refractivity (Wildman–Crippen MR) is 253 cm³/mol. The lowest BCUT2D eigenvalue weighted by molar-refractivity contribution is 0.305. The van der Waals surface area contributed by atoms with E-state index in [1.54, 1.807) is 0 Å². The van der Waals surface area contributed by atoms with E-state index in [0.717, 1.165) is 48.7 Å². The van der Waals surface area contributed by atoms with E-state index in [-0.39, 0.29) is 0 Å². The summed E-state index contributed by atoms with van der Waals surface area (Å²) in [6, 6.07) is 51.5. The monoisotopic (exact) mass is 762 g/mol. The molecule has 0 aliphatic carbocycles. The Morgan fingerprint density at radius 2 is 0.500 bits per heavy atom. The lowest BCUT2D eigenvalue weighted by Gasteiger charge is -2.06. The highest BCUT2D eigenvalue weighted by Crippen LogP contribution is 2.23. The van der Waals surface area contributed by atoms with Crippen molar-refractivity contribution in [2.45, 2.75) is 65.2 Å². The molecule has 0 heterocycles. The smallest absolute Gasteiger partial charge is 0.119 e. The average Bonchev–Trinajstić information content (AvgIpc) is 3.28. The summed E-state index contributed by atoms with van der Waals surface area (Å²) in [5, 5.41) is 0. The summed E-state index contributed by atoms with van der Waals surface area (Å²) in [5.41, 5.74) is 11.8. The van der Waals surface area contributed by atoms with E-state index in [0.29, 0.717) is 0 Å². The second-order valence-electron chi connectivity index (χ2n) is 14.9. The molecule has 0 aliphatic heterocycles. The first-order chi connectivity index (χ1) is 28.6. The molecule has 0 amide bonds. The van der Waals surface area contributed by atoms with Crippen LogP contribution in [0.25, 0.3) is 59.7 Å². The minimum Gasteiger partial charge on any atom is -0.494 e. The van der Waals surface area contributed by atoms with Gasteiger partial charge in [-0.25, -0.2) is 0 Å². The molecule has 0 saturated carbocycles. The maximum atomic E-state index is 5.88. The maximum absolute atomic E-state index is 5.88. The van der Waals surface area contributed by atoms with Gasteiger partial charge in [0.05, 0.1) is 13.2 Å². The molecular formula is C56H58O2. The van der Waals surface area contributed by atoms with Crippen LogP contribution in [0.4, 0.5) is 0 Å². The van der Waals surface area contributed by atoms with Gasteiger partial charge in [0.2, 0.25) is 0 Å². The Morgan fingerprint density at radius 3 is 0.741 bits per heavy atom. The summed E-state index contributed by atoms with van der Waals surface area (Å²) in [7, 11) is 0. The largest absolute Gasteiger partial charge is 0.494 e. The Morgan fingerprint density at radius 1 is 0.276 bits per heavy atom. The van der Waals surface area contributed by atoms with Gasteiger partial charge in [0, 0.05) is 0 Å². The zero-order valence-electron chi connectivity index (χ0n) is 34.4. The Labute approximate surface area is 347 Å².